The predicted molar refractivity (Wildman–Crippen MR) is 101 cm³/mol. The standard InChI is InChI=1S/C19H14ClN5O/c20-18-4-1-14(11-24-18)25-19-17-3-2-16(9-13(17)5-6-23-19)26-12-15-10-21-7-8-22-15/h1-11H,12H2,(H,23,25). The van der Waals surface area contributed by atoms with E-state index in [2.05, 4.69) is 25.3 Å². The third-order valence-corrected chi connectivity index (χ3v) is 3.95. The summed E-state index contributed by atoms with van der Waals surface area (Å²) in [7, 11) is 0. The van der Waals surface area contributed by atoms with Crippen molar-refractivity contribution >= 4 is 33.9 Å². The zero-order valence-electron chi connectivity index (χ0n) is 13.6. The van der Waals surface area contributed by atoms with Gasteiger partial charge in [-0.3, -0.25) is 9.97 Å². The number of anilines is 2. The van der Waals surface area contributed by atoms with Crippen LogP contribution in [0.3, 0.4) is 0 Å². The van der Waals surface area contributed by atoms with Gasteiger partial charge < -0.3 is 10.1 Å². The molecule has 0 aliphatic carbocycles. The maximum Gasteiger partial charge on any atom is 0.138 e. The number of rotatable bonds is 5. The fourth-order valence-electron chi connectivity index (χ4n) is 2.49. The van der Waals surface area contributed by atoms with Crippen LogP contribution in [0.25, 0.3) is 10.8 Å². The minimum atomic E-state index is 0.367. The van der Waals surface area contributed by atoms with Gasteiger partial charge in [-0.05, 0) is 41.8 Å². The van der Waals surface area contributed by atoms with Crippen molar-refractivity contribution < 1.29 is 4.74 Å². The second-order valence-electron chi connectivity index (χ2n) is 5.52. The van der Waals surface area contributed by atoms with Crippen molar-refractivity contribution in [2.24, 2.45) is 0 Å². The first-order valence-electron chi connectivity index (χ1n) is 7.93. The van der Waals surface area contributed by atoms with Crippen LogP contribution in [0, 0.1) is 0 Å². The Morgan fingerprint density at radius 3 is 2.69 bits per heavy atom. The minimum Gasteiger partial charge on any atom is -0.487 e. The number of aromatic nitrogens is 4. The highest BCUT2D eigenvalue weighted by molar-refractivity contribution is 6.29. The lowest BCUT2D eigenvalue weighted by Crippen LogP contribution is -1.99. The lowest BCUT2D eigenvalue weighted by molar-refractivity contribution is 0.301. The molecule has 0 spiro atoms. The summed E-state index contributed by atoms with van der Waals surface area (Å²) in [5.74, 6) is 1.50. The average Bonchev–Trinajstić information content (AvgIpc) is 2.69. The molecule has 3 aromatic heterocycles. The molecule has 0 bridgehead atoms. The van der Waals surface area contributed by atoms with Crippen LogP contribution in [0.1, 0.15) is 5.69 Å². The lowest BCUT2D eigenvalue weighted by Gasteiger charge is -2.10. The molecule has 0 radical (unpaired) electrons. The molecule has 26 heavy (non-hydrogen) atoms. The normalized spacial score (nSPS) is 10.7. The Balaban J connectivity index is 1.56. The summed E-state index contributed by atoms with van der Waals surface area (Å²) < 4.78 is 5.80. The molecule has 128 valence electrons. The van der Waals surface area contributed by atoms with E-state index in [0.29, 0.717) is 11.8 Å². The molecule has 1 N–H and O–H groups in total. The molecule has 7 heteroatoms. The van der Waals surface area contributed by atoms with Crippen LogP contribution in [-0.2, 0) is 6.61 Å². The summed E-state index contributed by atoms with van der Waals surface area (Å²) in [6, 6.07) is 11.4. The second kappa shape index (κ2) is 7.33. The van der Waals surface area contributed by atoms with E-state index in [1.165, 1.54) is 0 Å². The number of halogens is 1. The van der Waals surface area contributed by atoms with Gasteiger partial charge in [-0.25, -0.2) is 9.97 Å². The van der Waals surface area contributed by atoms with Crippen molar-refractivity contribution in [3.05, 3.63) is 78.2 Å². The molecule has 6 nitrogen and oxygen atoms in total. The third kappa shape index (κ3) is 3.70. The fourth-order valence-corrected chi connectivity index (χ4v) is 2.61. The highest BCUT2D eigenvalue weighted by Crippen LogP contribution is 2.27. The summed E-state index contributed by atoms with van der Waals surface area (Å²) >= 11 is 5.82. The Bertz CT molecular complexity index is 1020. The molecule has 1 aromatic carbocycles. The van der Waals surface area contributed by atoms with Gasteiger partial charge in [0.05, 0.1) is 23.8 Å². The summed E-state index contributed by atoms with van der Waals surface area (Å²) in [6.07, 6.45) is 8.39. The van der Waals surface area contributed by atoms with E-state index in [0.717, 1.165) is 33.7 Å². The highest BCUT2D eigenvalue weighted by atomic mass is 35.5. The van der Waals surface area contributed by atoms with Crippen molar-refractivity contribution in [1.29, 1.82) is 0 Å². The van der Waals surface area contributed by atoms with Crippen molar-refractivity contribution in [3.8, 4) is 5.75 Å². The Kier molecular flexibility index (Phi) is 4.57. The first kappa shape index (κ1) is 16.2. The summed E-state index contributed by atoms with van der Waals surface area (Å²) in [6.45, 7) is 0.367. The Morgan fingerprint density at radius 2 is 1.88 bits per heavy atom. The highest BCUT2D eigenvalue weighted by Gasteiger charge is 2.06. The Hall–Kier alpha value is -3.25. The van der Waals surface area contributed by atoms with Crippen LogP contribution in [0.15, 0.2) is 67.4 Å². The Morgan fingerprint density at radius 1 is 0.923 bits per heavy atom. The zero-order valence-corrected chi connectivity index (χ0v) is 14.4. The van der Waals surface area contributed by atoms with E-state index in [9.17, 15) is 0 Å². The molecule has 4 rings (SSSR count). The molecular formula is C19H14ClN5O. The van der Waals surface area contributed by atoms with Gasteiger partial charge in [0.25, 0.3) is 0 Å². The minimum absolute atomic E-state index is 0.367. The number of nitrogens with one attached hydrogen (secondary N) is 1. The molecule has 3 heterocycles. The average molecular weight is 364 g/mol. The Labute approximate surface area is 154 Å². The smallest absolute Gasteiger partial charge is 0.138 e. The molecule has 0 saturated heterocycles. The van der Waals surface area contributed by atoms with Crippen LogP contribution >= 0.6 is 11.6 Å². The van der Waals surface area contributed by atoms with Crippen LogP contribution in [0.5, 0.6) is 5.75 Å². The second-order valence-corrected chi connectivity index (χ2v) is 5.91. The molecule has 0 aliphatic rings. The number of benzene rings is 1. The zero-order chi connectivity index (χ0) is 17.8. The molecule has 0 unspecified atom stereocenters. The van der Waals surface area contributed by atoms with Crippen LogP contribution in [-0.4, -0.2) is 19.9 Å². The number of hydrogen-bond donors (Lipinski definition) is 1. The van der Waals surface area contributed by atoms with Gasteiger partial charge in [-0.2, -0.15) is 0 Å². The maximum absolute atomic E-state index is 5.82. The van der Waals surface area contributed by atoms with E-state index in [-0.39, 0.29) is 0 Å². The van der Waals surface area contributed by atoms with E-state index in [1.807, 2.05) is 30.3 Å². The SMILES string of the molecule is Clc1ccc(Nc2nccc3cc(OCc4cnccn4)ccc23)cn1. The molecule has 0 aliphatic heterocycles. The fraction of sp³-hybridized carbons (Fsp3) is 0.0526. The van der Waals surface area contributed by atoms with Gasteiger partial charge in [0.2, 0.25) is 0 Å². The molecule has 0 atom stereocenters. The van der Waals surface area contributed by atoms with Crippen LogP contribution in [0.4, 0.5) is 11.5 Å². The molecule has 4 aromatic rings. The number of hydrogen-bond acceptors (Lipinski definition) is 6. The van der Waals surface area contributed by atoms with Gasteiger partial charge in [0.1, 0.15) is 23.3 Å². The first-order valence-corrected chi connectivity index (χ1v) is 8.31. The van der Waals surface area contributed by atoms with Crippen molar-refractivity contribution in [2.75, 3.05) is 5.32 Å². The van der Waals surface area contributed by atoms with Crippen LogP contribution < -0.4 is 10.1 Å². The summed E-state index contributed by atoms with van der Waals surface area (Å²) in [5.41, 5.74) is 1.59. The molecule has 0 amide bonds. The van der Waals surface area contributed by atoms with E-state index in [1.54, 1.807) is 37.1 Å². The number of pyridine rings is 2. The van der Waals surface area contributed by atoms with Crippen molar-refractivity contribution in [1.82, 2.24) is 19.9 Å². The number of nitrogens with zero attached hydrogens (tertiary/aromatic N) is 4. The van der Waals surface area contributed by atoms with Gasteiger partial charge in [-0.1, -0.05) is 11.6 Å². The molecule has 0 saturated carbocycles. The molecule has 0 fully saturated rings. The first-order chi connectivity index (χ1) is 12.8. The predicted octanol–water partition coefficient (Wildman–Crippen LogP) is 4.40. The number of ether oxygens (including phenoxy) is 1. The van der Waals surface area contributed by atoms with Gasteiger partial charge in [0, 0.05) is 24.0 Å². The van der Waals surface area contributed by atoms with Gasteiger partial charge in [-0.15, -0.1) is 0 Å². The van der Waals surface area contributed by atoms with Gasteiger partial charge in [0.15, 0.2) is 0 Å². The summed E-state index contributed by atoms with van der Waals surface area (Å²) in [4.78, 5) is 16.7. The topological polar surface area (TPSA) is 72.8 Å². The lowest BCUT2D eigenvalue weighted by atomic mass is 10.1. The monoisotopic (exact) mass is 363 g/mol. The van der Waals surface area contributed by atoms with Gasteiger partial charge >= 0.3 is 0 Å². The largest absolute Gasteiger partial charge is 0.487 e. The van der Waals surface area contributed by atoms with E-state index in [4.69, 9.17) is 16.3 Å². The van der Waals surface area contributed by atoms with Crippen molar-refractivity contribution in [3.63, 3.8) is 0 Å². The van der Waals surface area contributed by atoms with E-state index < -0.39 is 0 Å². The quantitative estimate of drug-likeness (QED) is 0.530. The summed E-state index contributed by atoms with van der Waals surface area (Å²) in [5, 5.41) is 5.71. The number of fused-ring (bicyclic) bond motifs is 1. The van der Waals surface area contributed by atoms with Crippen molar-refractivity contribution in [2.45, 2.75) is 6.61 Å². The van der Waals surface area contributed by atoms with E-state index >= 15 is 0 Å². The van der Waals surface area contributed by atoms with Crippen LogP contribution in [0.2, 0.25) is 5.15 Å². The molecular weight excluding hydrogens is 350 g/mol. The maximum atomic E-state index is 5.82. The third-order valence-electron chi connectivity index (χ3n) is 3.73.